The molecule has 1 atom stereocenters. The summed E-state index contributed by atoms with van der Waals surface area (Å²) in [5, 5.41) is 0. The standard InChI is InChI=1S/C13H19NO/c1-11-4-3-5-13(8-11)9-14-6-7-15-10-12(14)2/h3-5,8,12H,6-7,9-10H2,1-2H3/t12-/m0/s1. The van der Waals surface area contributed by atoms with E-state index in [0.717, 1.165) is 26.3 Å². The van der Waals surface area contributed by atoms with Gasteiger partial charge in [-0.2, -0.15) is 0 Å². The maximum absolute atomic E-state index is 5.43. The minimum Gasteiger partial charge on any atom is -0.379 e. The molecule has 1 saturated heterocycles. The third kappa shape index (κ3) is 2.80. The van der Waals surface area contributed by atoms with Gasteiger partial charge in [-0.05, 0) is 19.4 Å². The van der Waals surface area contributed by atoms with Gasteiger partial charge in [0, 0.05) is 19.1 Å². The van der Waals surface area contributed by atoms with E-state index in [1.54, 1.807) is 0 Å². The van der Waals surface area contributed by atoms with Crippen molar-refractivity contribution in [2.24, 2.45) is 0 Å². The van der Waals surface area contributed by atoms with Crippen LogP contribution in [0, 0.1) is 6.92 Å². The summed E-state index contributed by atoms with van der Waals surface area (Å²) in [6.07, 6.45) is 0. The lowest BCUT2D eigenvalue weighted by Gasteiger charge is -2.33. The van der Waals surface area contributed by atoms with E-state index in [-0.39, 0.29) is 0 Å². The van der Waals surface area contributed by atoms with Gasteiger partial charge in [-0.15, -0.1) is 0 Å². The zero-order valence-electron chi connectivity index (χ0n) is 9.57. The van der Waals surface area contributed by atoms with Crippen LogP contribution in [-0.4, -0.2) is 30.7 Å². The molecule has 0 radical (unpaired) electrons. The Morgan fingerprint density at radius 2 is 2.33 bits per heavy atom. The lowest BCUT2D eigenvalue weighted by atomic mass is 10.1. The molecule has 1 fully saturated rings. The van der Waals surface area contributed by atoms with Gasteiger partial charge in [-0.1, -0.05) is 29.8 Å². The fourth-order valence-electron chi connectivity index (χ4n) is 2.04. The highest BCUT2D eigenvalue weighted by Crippen LogP contribution is 2.12. The Bertz CT molecular complexity index is 324. The number of aryl methyl sites for hydroxylation is 1. The predicted octanol–water partition coefficient (Wildman–Crippen LogP) is 2.22. The van der Waals surface area contributed by atoms with Crippen molar-refractivity contribution in [3.8, 4) is 0 Å². The summed E-state index contributed by atoms with van der Waals surface area (Å²) in [7, 11) is 0. The van der Waals surface area contributed by atoms with Crippen LogP contribution in [0.4, 0.5) is 0 Å². The van der Waals surface area contributed by atoms with Gasteiger partial charge >= 0.3 is 0 Å². The van der Waals surface area contributed by atoms with Crippen molar-refractivity contribution in [2.45, 2.75) is 26.4 Å². The molecule has 0 bridgehead atoms. The van der Waals surface area contributed by atoms with Crippen LogP contribution in [0.5, 0.6) is 0 Å². The smallest absolute Gasteiger partial charge is 0.0619 e. The van der Waals surface area contributed by atoms with E-state index in [0.29, 0.717) is 6.04 Å². The highest BCUT2D eigenvalue weighted by molar-refractivity contribution is 5.22. The molecule has 1 heterocycles. The van der Waals surface area contributed by atoms with Crippen LogP contribution >= 0.6 is 0 Å². The maximum Gasteiger partial charge on any atom is 0.0619 e. The first-order valence-corrected chi connectivity index (χ1v) is 5.63. The number of benzene rings is 1. The Labute approximate surface area is 91.9 Å². The maximum atomic E-state index is 5.43. The molecule has 0 unspecified atom stereocenters. The van der Waals surface area contributed by atoms with E-state index in [9.17, 15) is 0 Å². The SMILES string of the molecule is Cc1cccc(CN2CCOC[C@@H]2C)c1. The van der Waals surface area contributed by atoms with Crippen LogP contribution < -0.4 is 0 Å². The molecule has 2 nitrogen and oxygen atoms in total. The van der Waals surface area contributed by atoms with E-state index >= 15 is 0 Å². The van der Waals surface area contributed by atoms with Gasteiger partial charge in [0.05, 0.1) is 13.2 Å². The summed E-state index contributed by atoms with van der Waals surface area (Å²) in [5.41, 5.74) is 2.75. The van der Waals surface area contributed by atoms with E-state index < -0.39 is 0 Å². The second-order valence-corrected chi connectivity index (χ2v) is 4.38. The third-order valence-electron chi connectivity index (χ3n) is 2.97. The van der Waals surface area contributed by atoms with Crippen LogP contribution in [-0.2, 0) is 11.3 Å². The van der Waals surface area contributed by atoms with Gasteiger partial charge in [0.1, 0.15) is 0 Å². The molecule has 0 spiro atoms. The number of hydrogen-bond acceptors (Lipinski definition) is 2. The molecule has 0 aromatic heterocycles. The molecule has 15 heavy (non-hydrogen) atoms. The van der Waals surface area contributed by atoms with Crippen molar-refractivity contribution >= 4 is 0 Å². The second kappa shape index (κ2) is 4.77. The second-order valence-electron chi connectivity index (χ2n) is 4.38. The summed E-state index contributed by atoms with van der Waals surface area (Å²) in [6.45, 7) is 8.21. The van der Waals surface area contributed by atoms with Crippen molar-refractivity contribution in [1.29, 1.82) is 0 Å². The molecule has 82 valence electrons. The summed E-state index contributed by atoms with van der Waals surface area (Å²) in [6, 6.07) is 9.29. The van der Waals surface area contributed by atoms with Crippen LogP contribution in [0.3, 0.4) is 0 Å². The molecule has 2 rings (SSSR count). The van der Waals surface area contributed by atoms with Crippen LogP contribution in [0.15, 0.2) is 24.3 Å². The molecule has 2 heteroatoms. The van der Waals surface area contributed by atoms with Crippen molar-refractivity contribution in [1.82, 2.24) is 4.90 Å². The van der Waals surface area contributed by atoms with Gasteiger partial charge < -0.3 is 4.74 Å². The monoisotopic (exact) mass is 205 g/mol. The van der Waals surface area contributed by atoms with Gasteiger partial charge in [0.25, 0.3) is 0 Å². The quantitative estimate of drug-likeness (QED) is 0.734. The number of hydrogen-bond donors (Lipinski definition) is 0. The first-order valence-electron chi connectivity index (χ1n) is 5.63. The molecular formula is C13H19NO. The lowest BCUT2D eigenvalue weighted by molar-refractivity contribution is -0.00437. The molecule has 0 N–H and O–H groups in total. The topological polar surface area (TPSA) is 12.5 Å². The molecule has 0 amide bonds. The van der Waals surface area contributed by atoms with Crippen molar-refractivity contribution < 1.29 is 4.74 Å². The highest BCUT2D eigenvalue weighted by Gasteiger charge is 2.18. The zero-order chi connectivity index (χ0) is 10.7. The van der Waals surface area contributed by atoms with Crippen LogP contribution in [0.1, 0.15) is 18.1 Å². The summed E-state index contributed by atoms with van der Waals surface area (Å²) >= 11 is 0. The summed E-state index contributed by atoms with van der Waals surface area (Å²) < 4.78 is 5.43. The Kier molecular flexibility index (Phi) is 3.39. The molecule has 0 aliphatic carbocycles. The molecular weight excluding hydrogens is 186 g/mol. The fraction of sp³-hybridized carbons (Fsp3) is 0.538. The van der Waals surface area contributed by atoms with Gasteiger partial charge in [-0.25, -0.2) is 0 Å². The van der Waals surface area contributed by atoms with Crippen molar-refractivity contribution in [3.05, 3.63) is 35.4 Å². The van der Waals surface area contributed by atoms with E-state index in [4.69, 9.17) is 4.74 Å². The molecule has 1 aromatic carbocycles. The normalized spacial score (nSPS) is 22.9. The van der Waals surface area contributed by atoms with Crippen molar-refractivity contribution in [2.75, 3.05) is 19.8 Å². The Balaban J connectivity index is 2.01. The Hall–Kier alpha value is -0.860. The van der Waals surface area contributed by atoms with E-state index in [2.05, 4.69) is 43.0 Å². The number of nitrogens with zero attached hydrogens (tertiary/aromatic N) is 1. The highest BCUT2D eigenvalue weighted by atomic mass is 16.5. The summed E-state index contributed by atoms with van der Waals surface area (Å²) in [5.74, 6) is 0. The van der Waals surface area contributed by atoms with Gasteiger partial charge in [0.15, 0.2) is 0 Å². The minimum atomic E-state index is 0.541. The molecule has 1 aliphatic rings. The molecule has 1 aliphatic heterocycles. The Morgan fingerprint density at radius 1 is 1.47 bits per heavy atom. The average Bonchev–Trinajstić information content (AvgIpc) is 2.22. The third-order valence-corrected chi connectivity index (χ3v) is 2.97. The summed E-state index contributed by atoms with van der Waals surface area (Å²) in [4.78, 5) is 2.48. The average molecular weight is 205 g/mol. The Morgan fingerprint density at radius 3 is 3.07 bits per heavy atom. The van der Waals surface area contributed by atoms with Crippen LogP contribution in [0.25, 0.3) is 0 Å². The molecule has 1 aromatic rings. The molecule has 0 saturated carbocycles. The van der Waals surface area contributed by atoms with Crippen LogP contribution in [0.2, 0.25) is 0 Å². The fourth-order valence-corrected chi connectivity index (χ4v) is 2.04. The predicted molar refractivity (Wildman–Crippen MR) is 61.9 cm³/mol. The zero-order valence-corrected chi connectivity index (χ0v) is 9.57. The van der Waals surface area contributed by atoms with E-state index in [1.807, 2.05) is 0 Å². The minimum absolute atomic E-state index is 0.541. The number of morpholine rings is 1. The van der Waals surface area contributed by atoms with Gasteiger partial charge in [-0.3, -0.25) is 4.90 Å². The van der Waals surface area contributed by atoms with Crippen molar-refractivity contribution in [3.63, 3.8) is 0 Å². The number of rotatable bonds is 2. The number of ether oxygens (including phenoxy) is 1. The first kappa shape index (κ1) is 10.7. The van der Waals surface area contributed by atoms with Gasteiger partial charge in [0.2, 0.25) is 0 Å². The lowest BCUT2D eigenvalue weighted by Crippen LogP contribution is -2.42. The first-order chi connectivity index (χ1) is 7.25. The largest absolute Gasteiger partial charge is 0.379 e. The van der Waals surface area contributed by atoms with E-state index in [1.165, 1.54) is 11.1 Å².